The second kappa shape index (κ2) is 13.0. The molecule has 2 nitrogen and oxygen atoms in total. The minimum atomic E-state index is 0. The maximum absolute atomic E-state index is 8.69. The van der Waals surface area contributed by atoms with Gasteiger partial charge in [0.25, 0.3) is 0 Å². The van der Waals surface area contributed by atoms with Crippen LogP contribution < -0.4 is 0 Å². The van der Waals surface area contributed by atoms with Crippen molar-refractivity contribution in [3.63, 3.8) is 0 Å². The standard InChI is InChI=1S/C5H10N2.3Ru/c1-4(2)5(6)7-3;;;/h4H,1-3H3;;;/q-2;;2*+1. The Morgan fingerprint density at radius 1 is 1.30 bits per heavy atom. The second-order valence-corrected chi connectivity index (χ2v) is 1.74. The fourth-order valence-electron chi connectivity index (χ4n) is 0.258. The Morgan fingerprint density at radius 2 is 1.60 bits per heavy atom. The minimum absolute atomic E-state index is 0. The molecule has 0 amide bonds. The van der Waals surface area contributed by atoms with E-state index in [-0.39, 0.29) is 70.2 Å². The molecule has 0 aromatic heterocycles. The van der Waals surface area contributed by atoms with Gasteiger partial charge in [0.2, 0.25) is 0 Å². The molecule has 0 saturated heterocycles. The van der Waals surface area contributed by atoms with Gasteiger partial charge in [-0.25, -0.2) is 0 Å². The van der Waals surface area contributed by atoms with Crippen LogP contribution in [0.1, 0.15) is 13.8 Å². The van der Waals surface area contributed by atoms with E-state index in [4.69, 9.17) is 5.41 Å². The summed E-state index contributed by atoms with van der Waals surface area (Å²) < 4.78 is 0. The van der Waals surface area contributed by atoms with Crippen molar-refractivity contribution >= 4 is 5.84 Å². The Balaban J connectivity index is -0.0000000600. The molecule has 10 heavy (non-hydrogen) atoms. The first-order chi connectivity index (χ1) is 3.18. The normalized spacial score (nSPS) is 6.40. The Bertz CT molecular complexity index is 75.3. The molecule has 0 rings (SSSR count). The zero-order valence-corrected chi connectivity index (χ0v) is 11.2. The van der Waals surface area contributed by atoms with E-state index in [2.05, 4.69) is 5.32 Å². The minimum Gasteiger partial charge on any atom is -0.828 e. The molecule has 0 N–H and O–H groups in total. The first-order valence-electron chi connectivity index (χ1n) is 2.34. The molecular weight excluding hydrogens is 391 g/mol. The van der Waals surface area contributed by atoms with E-state index in [1.165, 1.54) is 0 Å². The van der Waals surface area contributed by atoms with Gasteiger partial charge in [0.15, 0.2) is 0 Å². The molecule has 0 aliphatic carbocycles. The van der Waals surface area contributed by atoms with Gasteiger partial charge in [-0.15, -0.1) is 7.05 Å². The third kappa shape index (κ3) is 12.1. The SMILES string of the molecule is C[N-]C(=[N-])C(C)C.[Ru+].[Ru+].[Ru]. The van der Waals surface area contributed by atoms with Crippen molar-refractivity contribution < 1.29 is 58.4 Å². The van der Waals surface area contributed by atoms with Gasteiger partial charge >= 0.3 is 39.0 Å². The van der Waals surface area contributed by atoms with Crippen molar-refractivity contribution in [2.24, 2.45) is 5.92 Å². The molecule has 0 spiro atoms. The number of hydrogen-bond acceptors (Lipinski definition) is 0. The molecule has 0 aliphatic heterocycles. The van der Waals surface area contributed by atoms with Crippen LogP contribution in [-0.2, 0) is 58.4 Å². The molecule has 0 heterocycles. The van der Waals surface area contributed by atoms with Crippen LogP contribution >= 0.6 is 0 Å². The quantitative estimate of drug-likeness (QED) is 0.364. The molecule has 2 radical (unpaired) electrons. The Morgan fingerprint density at radius 3 is 1.60 bits per heavy atom. The van der Waals surface area contributed by atoms with Gasteiger partial charge < -0.3 is 16.6 Å². The zero-order valence-electron chi connectivity index (χ0n) is 6.03. The summed E-state index contributed by atoms with van der Waals surface area (Å²) in [6, 6.07) is 0. The smallest absolute Gasteiger partial charge is 0.828 e. The van der Waals surface area contributed by atoms with Crippen molar-refractivity contribution in [3.05, 3.63) is 10.7 Å². The molecular formula is C5H10N2Ru3. The third-order valence-corrected chi connectivity index (χ3v) is 0.745. The van der Waals surface area contributed by atoms with Gasteiger partial charge in [0, 0.05) is 19.5 Å². The maximum atomic E-state index is 8.69. The van der Waals surface area contributed by atoms with Gasteiger partial charge in [-0.1, -0.05) is 19.8 Å². The van der Waals surface area contributed by atoms with Crippen molar-refractivity contribution in [1.29, 1.82) is 0 Å². The summed E-state index contributed by atoms with van der Waals surface area (Å²) in [5.41, 5.74) is 0. The van der Waals surface area contributed by atoms with Gasteiger partial charge in [-0.2, -0.15) is 0 Å². The topological polar surface area (TPSA) is 36.4 Å². The number of amidine groups is 1. The van der Waals surface area contributed by atoms with Crippen LogP contribution in [0, 0.1) is 5.92 Å². The molecule has 0 aliphatic rings. The van der Waals surface area contributed by atoms with Crippen molar-refractivity contribution in [1.82, 2.24) is 0 Å². The maximum Gasteiger partial charge on any atom is 1.00 e. The van der Waals surface area contributed by atoms with Crippen molar-refractivity contribution in [3.8, 4) is 0 Å². The molecule has 0 bridgehead atoms. The van der Waals surface area contributed by atoms with Crippen LogP contribution in [-0.4, -0.2) is 12.9 Å². The van der Waals surface area contributed by atoms with Crippen LogP contribution in [0.15, 0.2) is 0 Å². The fraction of sp³-hybridized carbons (Fsp3) is 0.800. The van der Waals surface area contributed by atoms with Crippen LogP contribution in [0.5, 0.6) is 0 Å². The Hall–Kier alpha value is 1.34. The van der Waals surface area contributed by atoms with Crippen molar-refractivity contribution in [2.45, 2.75) is 13.8 Å². The average molecular weight is 401 g/mol. The third-order valence-electron chi connectivity index (χ3n) is 0.745. The molecule has 0 atom stereocenters. The van der Waals surface area contributed by atoms with Gasteiger partial charge in [-0.3, -0.25) is 0 Å². The van der Waals surface area contributed by atoms with Crippen molar-refractivity contribution in [2.75, 3.05) is 7.05 Å². The van der Waals surface area contributed by atoms with Crippen LogP contribution in [0.2, 0.25) is 0 Å². The molecule has 0 aromatic carbocycles. The molecule has 64 valence electrons. The largest absolute Gasteiger partial charge is 1.00 e. The van der Waals surface area contributed by atoms with E-state index in [0.29, 0.717) is 0 Å². The number of hydrogen-bond donors (Lipinski definition) is 0. The summed E-state index contributed by atoms with van der Waals surface area (Å²) in [7, 11) is 1.58. The second-order valence-electron chi connectivity index (χ2n) is 1.74. The molecule has 0 unspecified atom stereocenters. The number of rotatable bonds is 1. The van der Waals surface area contributed by atoms with E-state index in [1.54, 1.807) is 7.05 Å². The predicted molar refractivity (Wildman–Crippen MR) is 32.5 cm³/mol. The van der Waals surface area contributed by atoms with Gasteiger partial charge in [-0.05, 0) is 0 Å². The first-order valence-corrected chi connectivity index (χ1v) is 2.34. The van der Waals surface area contributed by atoms with E-state index >= 15 is 0 Å². The summed E-state index contributed by atoms with van der Waals surface area (Å²) in [6.45, 7) is 3.78. The molecule has 0 aromatic rings. The van der Waals surface area contributed by atoms with Crippen LogP contribution in [0.3, 0.4) is 0 Å². The summed E-state index contributed by atoms with van der Waals surface area (Å²) in [4.78, 5) is 0. The predicted octanol–water partition coefficient (Wildman–Crippen LogP) is 1.61. The fourth-order valence-corrected chi connectivity index (χ4v) is 0.258. The van der Waals surface area contributed by atoms with E-state index < -0.39 is 0 Å². The van der Waals surface area contributed by atoms with Gasteiger partial charge in [0.1, 0.15) is 0 Å². The number of nitrogens with zero attached hydrogens (tertiary/aromatic N) is 2. The first kappa shape index (κ1) is 22.5. The Kier molecular flexibility index (Phi) is 29.2. The summed E-state index contributed by atoms with van der Waals surface area (Å²) >= 11 is 0. The molecule has 5 heteroatoms. The summed E-state index contributed by atoms with van der Waals surface area (Å²) in [5, 5.41) is 12.2. The van der Waals surface area contributed by atoms with E-state index in [9.17, 15) is 0 Å². The molecule has 0 saturated carbocycles. The monoisotopic (exact) mass is 404 g/mol. The van der Waals surface area contributed by atoms with E-state index in [0.717, 1.165) is 0 Å². The molecule has 0 fully saturated rings. The Labute approximate surface area is 101 Å². The van der Waals surface area contributed by atoms with Gasteiger partial charge in [0.05, 0.1) is 0 Å². The summed E-state index contributed by atoms with van der Waals surface area (Å²) in [5.74, 6) is 0.394. The van der Waals surface area contributed by atoms with Crippen LogP contribution in [0.25, 0.3) is 10.7 Å². The summed E-state index contributed by atoms with van der Waals surface area (Å²) in [6.07, 6.45) is 0. The zero-order chi connectivity index (χ0) is 5.86. The average Bonchev–Trinajstić information content (AvgIpc) is 1.65. The van der Waals surface area contributed by atoms with E-state index in [1.807, 2.05) is 13.8 Å². The van der Waals surface area contributed by atoms with Crippen LogP contribution in [0.4, 0.5) is 0 Å².